The summed E-state index contributed by atoms with van der Waals surface area (Å²) >= 11 is 1.40. The summed E-state index contributed by atoms with van der Waals surface area (Å²) in [6, 6.07) is 4.04. The van der Waals surface area contributed by atoms with Crippen molar-refractivity contribution in [2.75, 3.05) is 43.4 Å². The molecule has 1 aliphatic carbocycles. The van der Waals surface area contributed by atoms with Crippen molar-refractivity contribution in [2.45, 2.75) is 31.6 Å². The number of anilines is 3. The molecule has 1 amide bonds. The van der Waals surface area contributed by atoms with Gasteiger partial charge in [-0.05, 0) is 37.9 Å². The van der Waals surface area contributed by atoms with Crippen molar-refractivity contribution < 1.29 is 4.79 Å². The number of hydrogen-bond donors (Lipinski definition) is 2. The van der Waals surface area contributed by atoms with Crippen LogP contribution in [0.1, 0.15) is 46.8 Å². The first-order chi connectivity index (χ1) is 15.1. The van der Waals surface area contributed by atoms with E-state index in [9.17, 15) is 4.79 Å². The van der Waals surface area contributed by atoms with Crippen molar-refractivity contribution in [3.63, 3.8) is 0 Å². The Morgan fingerprint density at radius 3 is 2.58 bits per heavy atom. The zero-order chi connectivity index (χ0) is 21.4. The van der Waals surface area contributed by atoms with E-state index in [1.54, 1.807) is 6.20 Å². The molecule has 0 radical (unpaired) electrons. The summed E-state index contributed by atoms with van der Waals surface area (Å²) in [5.41, 5.74) is 8.66. The molecule has 0 unspecified atom stereocenters. The lowest BCUT2D eigenvalue weighted by Gasteiger charge is -2.33. The number of fused-ring (bicyclic) bond motifs is 1. The summed E-state index contributed by atoms with van der Waals surface area (Å²) in [5.74, 6) is 1.16. The van der Waals surface area contributed by atoms with Crippen LogP contribution in [0.4, 0.5) is 17.5 Å². The van der Waals surface area contributed by atoms with Crippen LogP contribution in [0.5, 0.6) is 0 Å². The van der Waals surface area contributed by atoms with E-state index in [1.165, 1.54) is 24.2 Å². The van der Waals surface area contributed by atoms with Gasteiger partial charge in [0.05, 0.1) is 33.2 Å². The fourth-order valence-electron chi connectivity index (χ4n) is 4.57. The number of hydrogen-bond acceptors (Lipinski definition) is 8. The quantitative estimate of drug-likeness (QED) is 0.631. The third-order valence-electron chi connectivity index (χ3n) is 6.31. The number of piperazine rings is 1. The molecule has 5 rings (SSSR count). The van der Waals surface area contributed by atoms with Gasteiger partial charge in [-0.2, -0.15) is 0 Å². The molecule has 1 aliphatic heterocycles. The Labute approximate surface area is 185 Å². The molecule has 31 heavy (non-hydrogen) atoms. The molecule has 8 nitrogen and oxygen atoms in total. The zero-order valence-electron chi connectivity index (χ0n) is 17.7. The monoisotopic (exact) mass is 437 g/mol. The first kappa shape index (κ1) is 20.1. The lowest BCUT2D eigenvalue weighted by molar-refractivity contribution is 0.100. The van der Waals surface area contributed by atoms with E-state index in [4.69, 9.17) is 10.7 Å². The Kier molecular flexibility index (Phi) is 5.45. The Bertz CT molecular complexity index is 1080. The van der Waals surface area contributed by atoms with Crippen LogP contribution in [0.3, 0.4) is 0 Å². The number of nitrogens with two attached hydrogens (primary N) is 1. The SMILES string of the molecule is CN1CCN(c2ccc(Nc3ncc4sc(C(N)=O)c(C5CCCC5)c4n3)nc2)CC1. The van der Waals surface area contributed by atoms with E-state index in [-0.39, 0.29) is 5.91 Å². The summed E-state index contributed by atoms with van der Waals surface area (Å²) in [6.45, 7) is 4.14. The number of likely N-dealkylation sites (N-methyl/N-ethyl adjacent to an activating group) is 1. The third-order valence-corrected chi connectivity index (χ3v) is 7.45. The van der Waals surface area contributed by atoms with E-state index >= 15 is 0 Å². The Balaban J connectivity index is 1.39. The lowest BCUT2D eigenvalue weighted by Crippen LogP contribution is -2.44. The summed E-state index contributed by atoms with van der Waals surface area (Å²) in [6.07, 6.45) is 8.19. The molecule has 3 N–H and O–H groups in total. The van der Waals surface area contributed by atoms with Crippen molar-refractivity contribution in [1.29, 1.82) is 0 Å². The van der Waals surface area contributed by atoms with Gasteiger partial charge < -0.3 is 20.9 Å². The Morgan fingerprint density at radius 2 is 1.90 bits per heavy atom. The fraction of sp³-hybridized carbons (Fsp3) is 0.455. The van der Waals surface area contributed by atoms with E-state index in [1.807, 2.05) is 12.3 Å². The van der Waals surface area contributed by atoms with Crippen LogP contribution in [0, 0.1) is 0 Å². The van der Waals surface area contributed by atoms with E-state index in [0.717, 1.165) is 60.5 Å². The van der Waals surface area contributed by atoms with Crippen LogP contribution in [-0.2, 0) is 0 Å². The summed E-state index contributed by atoms with van der Waals surface area (Å²) in [7, 11) is 2.15. The summed E-state index contributed by atoms with van der Waals surface area (Å²) in [5, 5.41) is 3.22. The fourth-order valence-corrected chi connectivity index (χ4v) is 5.63. The molecule has 2 fully saturated rings. The normalized spacial score (nSPS) is 18.0. The van der Waals surface area contributed by atoms with Crippen LogP contribution in [0.15, 0.2) is 24.5 Å². The predicted molar refractivity (Wildman–Crippen MR) is 124 cm³/mol. The molecular weight excluding hydrogens is 410 g/mol. The van der Waals surface area contributed by atoms with Crippen LogP contribution >= 0.6 is 11.3 Å². The minimum Gasteiger partial charge on any atom is -0.368 e. The smallest absolute Gasteiger partial charge is 0.259 e. The highest BCUT2D eigenvalue weighted by Crippen LogP contribution is 2.42. The number of rotatable bonds is 5. The third kappa shape index (κ3) is 4.07. The van der Waals surface area contributed by atoms with Crippen molar-refractivity contribution in [1.82, 2.24) is 19.9 Å². The number of amides is 1. The van der Waals surface area contributed by atoms with Crippen LogP contribution < -0.4 is 16.0 Å². The highest BCUT2D eigenvalue weighted by Gasteiger charge is 2.27. The molecule has 0 atom stereocenters. The van der Waals surface area contributed by atoms with Gasteiger partial charge in [-0.3, -0.25) is 4.79 Å². The van der Waals surface area contributed by atoms with Gasteiger partial charge in [-0.1, -0.05) is 12.8 Å². The standard InChI is InChI=1S/C22H27N7OS/c1-28-8-10-29(11-9-28)15-6-7-17(24-12-15)26-22-25-13-16-19(27-22)18(14-4-2-3-5-14)20(31-16)21(23)30/h6-7,12-14H,2-5,8-11H2,1H3,(H2,23,30)(H,24,25,26,27). The second kappa shape index (κ2) is 8.39. The molecule has 0 bridgehead atoms. The summed E-state index contributed by atoms with van der Waals surface area (Å²) < 4.78 is 0.902. The van der Waals surface area contributed by atoms with Gasteiger partial charge in [-0.25, -0.2) is 15.0 Å². The second-order valence-corrected chi connectivity index (χ2v) is 9.47. The van der Waals surface area contributed by atoms with Crippen molar-refractivity contribution in [3.8, 4) is 0 Å². The molecule has 162 valence electrons. The molecular formula is C22H27N7OS. The van der Waals surface area contributed by atoms with Gasteiger partial charge >= 0.3 is 0 Å². The zero-order valence-corrected chi connectivity index (χ0v) is 18.5. The molecule has 2 aliphatic rings. The minimum absolute atomic E-state index is 0.347. The minimum atomic E-state index is -0.374. The van der Waals surface area contributed by atoms with Gasteiger partial charge in [0.1, 0.15) is 5.82 Å². The largest absolute Gasteiger partial charge is 0.368 e. The number of carbonyl (C=O) groups excluding carboxylic acids is 1. The number of nitrogens with zero attached hydrogens (tertiary/aromatic N) is 5. The lowest BCUT2D eigenvalue weighted by atomic mass is 9.97. The van der Waals surface area contributed by atoms with E-state index in [2.05, 4.69) is 38.2 Å². The van der Waals surface area contributed by atoms with Gasteiger partial charge in [0.2, 0.25) is 5.95 Å². The van der Waals surface area contributed by atoms with Crippen LogP contribution in [0.2, 0.25) is 0 Å². The van der Waals surface area contributed by atoms with Gasteiger partial charge in [0, 0.05) is 31.7 Å². The number of carbonyl (C=O) groups is 1. The molecule has 3 aromatic heterocycles. The van der Waals surface area contributed by atoms with Crippen LogP contribution in [-0.4, -0.2) is 59.0 Å². The first-order valence-electron chi connectivity index (χ1n) is 10.8. The highest BCUT2D eigenvalue weighted by atomic mass is 32.1. The maximum Gasteiger partial charge on any atom is 0.259 e. The maximum atomic E-state index is 12.1. The molecule has 9 heteroatoms. The van der Waals surface area contributed by atoms with Gasteiger partial charge in [0.15, 0.2) is 0 Å². The number of nitrogens with one attached hydrogen (secondary N) is 1. The molecule has 1 saturated heterocycles. The molecule has 4 heterocycles. The van der Waals surface area contributed by atoms with Crippen LogP contribution in [0.25, 0.3) is 10.2 Å². The topological polar surface area (TPSA) is 100 Å². The number of pyridine rings is 1. The summed E-state index contributed by atoms with van der Waals surface area (Å²) in [4.78, 5) is 31.1. The second-order valence-electron chi connectivity index (χ2n) is 8.41. The number of primary amides is 1. The maximum absolute atomic E-state index is 12.1. The van der Waals surface area contributed by atoms with Gasteiger partial charge in [0.25, 0.3) is 5.91 Å². The molecule has 0 spiro atoms. The van der Waals surface area contributed by atoms with Crippen molar-refractivity contribution >= 4 is 44.9 Å². The first-order valence-corrected chi connectivity index (χ1v) is 11.7. The molecule has 0 aromatic carbocycles. The average molecular weight is 438 g/mol. The van der Waals surface area contributed by atoms with E-state index in [0.29, 0.717) is 22.6 Å². The number of thiophene rings is 1. The highest BCUT2D eigenvalue weighted by molar-refractivity contribution is 7.21. The molecule has 1 saturated carbocycles. The van der Waals surface area contributed by atoms with Crippen molar-refractivity contribution in [3.05, 3.63) is 35.0 Å². The average Bonchev–Trinajstić information content (AvgIpc) is 3.42. The number of aromatic nitrogens is 3. The predicted octanol–water partition coefficient (Wildman–Crippen LogP) is 3.34. The Morgan fingerprint density at radius 1 is 1.13 bits per heavy atom. The Hall–Kier alpha value is -2.78. The van der Waals surface area contributed by atoms with Gasteiger partial charge in [-0.15, -0.1) is 11.3 Å². The van der Waals surface area contributed by atoms with E-state index < -0.39 is 0 Å². The van der Waals surface area contributed by atoms with Crippen molar-refractivity contribution in [2.24, 2.45) is 5.73 Å². The molecule has 3 aromatic rings.